The quantitative estimate of drug-likeness (QED) is 0.578. The first-order valence-electron chi connectivity index (χ1n) is 8.92. The Morgan fingerprint density at radius 2 is 1.66 bits per heavy atom. The second-order valence-electron chi connectivity index (χ2n) is 7.72. The van der Waals surface area contributed by atoms with Gasteiger partial charge in [0.1, 0.15) is 23.1 Å². The molecule has 3 N–H and O–H groups in total. The number of benzene rings is 1. The zero-order valence-corrected chi connectivity index (χ0v) is 18.4. The molecule has 7 nitrogen and oxygen atoms in total. The molecule has 0 bridgehead atoms. The summed E-state index contributed by atoms with van der Waals surface area (Å²) in [5.74, 6) is 2.14. The van der Waals surface area contributed by atoms with Crippen LogP contribution in [0, 0.1) is 5.41 Å². The van der Waals surface area contributed by atoms with Crippen LogP contribution in [0.1, 0.15) is 20.8 Å². The van der Waals surface area contributed by atoms with Gasteiger partial charge < -0.3 is 20.5 Å². The molecule has 0 unspecified atom stereocenters. The highest BCUT2D eigenvalue weighted by Gasteiger charge is 2.22. The van der Waals surface area contributed by atoms with E-state index in [1.54, 1.807) is 18.3 Å². The Bertz CT molecular complexity index is 1040. The number of pyridine rings is 1. The Hall–Kier alpha value is -2.51. The molecule has 0 spiro atoms. The smallest absolute Gasteiger partial charge is 0.165 e. The lowest BCUT2D eigenvalue weighted by Gasteiger charge is -2.20. The van der Waals surface area contributed by atoms with Crippen molar-refractivity contribution < 1.29 is 9.47 Å². The average molecular weight is 436 g/mol. The second-order valence-corrected chi connectivity index (χ2v) is 8.48. The van der Waals surface area contributed by atoms with Gasteiger partial charge in [0, 0.05) is 18.0 Å². The summed E-state index contributed by atoms with van der Waals surface area (Å²) in [6, 6.07) is 3.36. The summed E-state index contributed by atoms with van der Waals surface area (Å²) >= 11 is 13.1. The van der Waals surface area contributed by atoms with Crippen molar-refractivity contribution in [2.75, 3.05) is 31.8 Å². The van der Waals surface area contributed by atoms with E-state index < -0.39 is 0 Å². The van der Waals surface area contributed by atoms with Crippen LogP contribution in [0.3, 0.4) is 0 Å². The van der Waals surface area contributed by atoms with Gasteiger partial charge in [-0.25, -0.2) is 15.0 Å². The normalized spacial score (nSPS) is 11.6. The molecule has 2 aromatic heterocycles. The number of hydrogen-bond donors (Lipinski definition) is 2. The first-order chi connectivity index (χ1) is 13.6. The van der Waals surface area contributed by atoms with Gasteiger partial charge in [-0.15, -0.1) is 0 Å². The topological polar surface area (TPSA) is 95.2 Å². The number of nitrogens with two attached hydrogens (primary N) is 1. The summed E-state index contributed by atoms with van der Waals surface area (Å²) in [6.07, 6.45) is 1.59. The van der Waals surface area contributed by atoms with Crippen LogP contribution >= 0.6 is 23.2 Å². The number of rotatable bonds is 5. The Morgan fingerprint density at radius 1 is 1.03 bits per heavy atom. The van der Waals surface area contributed by atoms with Gasteiger partial charge in [-0.1, -0.05) is 44.0 Å². The van der Waals surface area contributed by atoms with Crippen LogP contribution in [0.4, 0.5) is 11.6 Å². The molecule has 2 heterocycles. The van der Waals surface area contributed by atoms with Crippen LogP contribution in [0.2, 0.25) is 10.0 Å². The molecule has 0 aliphatic heterocycles. The van der Waals surface area contributed by atoms with Crippen molar-refractivity contribution in [3.63, 3.8) is 0 Å². The molecule has 0 radical (unpaired) electrons. The van der Waals surface area contributed by atoms with Crippen molar-refractivity contribution in [1.82, 2.24) is 15.0 Å². The summed E-state index contributed by atoms with van der Waals surface area (Å²) in [6.45, 7) is 7.06. The third kappa shape index (κ3) is 4.41. The number of methoxy groups -OCH3 is 2. The minimum absolute atomic E-state index is 0.0322. The third-order valence-electron chi connectivity index (χ3n) is 4.19. The first kappa shape index (κ1) is 21.2. The van der Waals surface area contributed by atoms with Crippen LogP contribution in [0.5, 0.6) is 11.5 Å². The molecular weight excluding hydrogens is 413 g/mol. The van der Waals surface area contributed by atoms with E-state index in [4.69, 9.17) is 43.4 Å². The van der Waals surface area contributed by atoms with Gasteiger partial charge in [0.25, 0.3) is 0 Å². The molecule has 0 saturated heterocycles. The minimum atomic E-state index is 0.0322. The number of ether oxygens (including phenoxy) is 2. The maximum absolute atomic E-state index is 6.56. The zero-order valence-electron chi connectivity index (χ0n) is 16.9. The largest absolute Gasteiger partial charge is 0.495 e. The molecule has 3 aromatic rings. The SMILES string of the molecule is COc1cc(OC)c(Cl)c(-c2nc(NCC(C)(C)C)c3cc(N)ncc3n2)c1Cl. The third-order valence-corrected chi connectivity index (χ3v) is 4.94. The number of fused-ring (bicyclic) bond motifs is 1. The second kappa shape index (κ2) is 8.08. The fourth-order valence-corrected chi connectivity index (χ4v) is 3.40. The van der Waals surface area contributed by atoms with E-state index in [1.807, 2.05) is 0 Å². The van der Waals surface area contributed by atoms with Crippen LogP contribution in [0.15, 0.2) is 18.3 Å². The molecule has 0 amide bonds. The van der Waals surface area contributed by atoms with Gasteiger partial charge in [0.05, 0.1) is 41.5 Å². The molecule has 0 aliphatic rings. The fourth-order valence-electron chi connectivity index (χ4n) is 2.73. The van der Waals surface area contributed by atoms with Crippen LogP contribution < -0.4 is 20.5 Å². The Morgan fingerprint density at radius 3 is 2.21 bits per heavy atom. The van der Waals surface area contributed by atoms with Gasteiger partial charge >= 0.3 is 0 Å². The number of halogens is 2. The lowest BCUT2D eigenvalue weighted by atomic mass is 9.97. The van der Waals surface area contributed by atoms with E-state index in [-0.39, 0.29) is 5.41 Å². The van der Waals surface area contributed by atoms with Gasteiger partial charge in [0.2, 0.25) is 0 Å². The number of aromatic nitrogens is 3. The number of nitrogen functional groups attached to an aromatic ring is 1. The summed E-state index contributed by atoms with van der Waals surface area (Å²) < 4.78 is 10.7. The van der Waals surface area contributed by atoms with Crippen molar-refractivity contribution >= 4 is 45.7 Å². The molecular formula is C20H23Cl2N5O2. The molecule has 3 rings (SSSR count). The molecule has 29 heavy (non-hydrogen) atoms. The van der Waals surface area contributed by atoms with Crippen molar-refractivity contribution in [2.24, 2.45) is 5.41 Å². The van der Waals surface area contributed by atoms with Crippen molar-refractivity contribution in [2.45, 2.75) is 20.8 Å². The van der Waals surface area contributed by atoms with Crippen LogP contribution in [-0.4, -0.2) is 35.7 Å². The number of hydrogen-bond acceptors (Lipinski definition) is 7. The highest BCUT2D eigenvalue weighted by Crippen LogP contribution is 2.45. The molecule has 0 aliphatic carbocycles. The minimum Gasteiger partial charge on any atom is -0.495 e. The molecule has 154 valence electrons. The van der Waals surface area contributed by atoms with E-state index in [0.29, 0.717) is 56.6 Å². The summed E-state index contributed by atoms with van der Waals surface area (Å²) in [5, 5.41) is 4.72. The highest BCUT2D eigenvalue weighted by atomic mass is 35.5. The summed E-state index contributed by atoms with van der Waals surface area (Å²) in [7, 11) is 3.03. The predicted octanol–water partition coefficient (Wildman–Crippen LogP) is 5.06. The number of nitrogens with one attached hydrogen (secondary N) is 1. The fraction of sp³-hybridized carbons (Fsp3) is 0.350. The monoisotopic (exact) mass is 435 g/mol. The Balaban J connectivity index is 2.27. The van der Waals surface area contributed by atoms with Crippen LogP contribution in [0.25, 0.3) is 22.3 Å². The van der Waals surface area contributed by atoms with E-state index in [1.165, 1.54) is 14.2 Å². The molecule has 0 fully saturated rings. The average Bonchev–Trinajstić information content (AvgIpc) is 2.66. The Labute approximate surface area is 179 Å². The van der Waals surface area contributed by atoms with Crippen molar-refractivity contribution in [3.8, 4) is 22.9 Å². The lowest BCUT2D eigenvalue weighted by molar-refractivity contribution is 0.395. The van der Waals surface area contributed by atoms with Crippen LogP contribution in [-0.2, 0) is 0 Å². The van der Waals surface area contributed by atoms with Gasteiger partial charge in [-0.2, -0.15) is 0 Å². The molecule has 9 heteroatoms. The Kier molecular flexibility index (Phi) is 5.91. The summed E-state index contributed by atoms with van der Waals surface area (Å²) in [5.41, 5.74) is 6.94. The van der Waals surface area contributed by atoms with Gasteiger partial charge in [-0.05, 0) is 11.5 Å². The van der Waals surface area contributed by atoms with Crippen molar-refractivity contribution in [3.05, 3.63) is 28.4 Å². The number of nitrogens with zero attached hydrogens (tertiary/aromatic N) is 3. The highest BCUT2D eigenvalue weighted by molar-refractivity contribution is 6.41. The van der Waals surface area contributed by atoms with E-state index in [2.05, 4.69) is 36.1 Å². The molecule has 1 aromatic carbocycles. The van der Waals surface area contributed by atoms with Crippen molar-refractivity contribution in [1.29, 1.82) is 0 Å². The van der Waals surface area contributed by atoms with E-state index in [0.717, 1.165) is 5.39 Å². The maximum atomic E-state index is 6.56. The predicted molar refractivity (Wildman–Crippen MR) is 118 cm³/mol. The molecule has 0 atom stereocenters. The maximum Gasteiger partial charge on any atom is 0.165 e. The summed E-state index contributed by atoms with van der Waals surface area (Å²) in [4.78, 5) is 13.5. The zero-order chi connectivity index (χ0) is 21.3. The molecule has 0 saturated carbocycles. The first-order valence-corrected chi connectivity index (χ1v) is 9.67. The standard InChI is InChI=1S/C20H23Cl2N5O2/c1-20(2,3)9-25-18-10-6-14(23)24-8-11(10)26-19(27-18)15-16(21)12(28-4)7-13(29-5)17(15)22/h6-8H,9H2,1-5H3,(H2,23,24)(H,25,26,27). The van der Waals surface area contributed by atoms with Gasteiger partial charge in [-0.3, -0.25) is 0 Å². The van der Waals surface area contributed by atoms with Gasteiger partial charge in [0.15, 0.2) is 5.82 Å². The van der Waals surface area contributed by atoms with E-state index >= 15 is 0 Å². The van der Waals surface area contributed by atoms with E-state index in [9.17, 15) is 0 Å². The lowest BCUT2D eigenvalue weighted by Crippen LogP contribution is -2.20. The number of anilines is 2.